The van der Waals surface area contributed by atoms with E-state index in [9.17, 15) is 0 Å². The Bertz CT molecular complexity index is 586. The van der Waals surface area contributed by atoms with Crippen LogP contribution in [-0.2, 0) is 6.54 Å². The second-order valence-corrected chi connectivity index (χ2v) is 19.3. The van der Waals surface area contributed by atoms with Gasteiger partial charge in [0.05, 0.1) is 0 Å². The first-order valence-electron chi connectivity index (χ1n) is 11.3. The number of allylic oxidation sites excluding steroid dienone is 1. The van der Waals surface area contributed by atoms with Gasteiger partial charge >= 0.3 is 0 Å². The predicted molar refractivity (Wildman–Crippen MR) is 156 cm³/mol. The van der Waals surface area contributed by atoms with Crippen LogP contribution in [0.2, 0.25) is 39.3 Å². The molecular formula is C26H52N4Si2. The molecule has 184 valence electrons. The Labute approximate surface area is 202 Å². The Morgan fingerprint density at radius 1 is 0.781 bits per heavy atom. The molecule has 0 aromatic heterocycles. The van der Waals surface area contributed by atoms with Crippen molar-refractivity contribution in [3.8, 4) is 0 Å². The highest BCUT2D eigenvalue weighted by atomic mass is 28.4. The average Bonchev–Trinajstić information content (AvgIpc) is 2.75. The summed E-state index contributed by atoms with van der Waals surface area (Å²) in [4.78, 5) is 0. The molecule has 0 bridgehead atoms. The molecule has 32 heavy (non-hydrogen) atoms. The Kier molecular flexibility index (Phi) is 23.3. The van der Waals surface area contributed by atoms with Crippen molar-refractivity contribution < 1.29 is 0 Å². The van der Waals surface area contributed by atoms with E-state index in [0.29, 0.717) is 13.1 Å². The minimum atomic E-state index is -1.12. The highest BCUT2D eigenvalue weighted by Crippen LogP contribution is 2.18. The quantitative estimate of drug-likeness (QED) is 0.220. The summed E-state index contributed by atoms with van der Waals surface area (Å²) in [5.41, 5.74) is 17.8. The van der Waals surface area contributed by atoms with E-state index in [1.54, 1.807) is 6.08 Å². The highest BCUT2D eigenvalue weighted by Gasteiger charge is 2.32. The molecule has 6 heteroatoms. The zero-order valence-corrected chi connectivity index (χ0v) is 23.9. The van der Waals surface area contributed by atoms with Gasteiger partial charge in [0.2, 0.25) is 0 Å². The lowest BCUT2D eigenvalue weighted by Gasteiger charge is -2.42. The molecule has 4 nitrogen and oxygen atoms in total. The van der Waals surface area contributed by atoms with Crippen molar-refractivity contribution in [3.63, 3.8) is 0 Å². The molecule has 0 radical (unpaired) electrons. The molecule has 0 aliphatic heterocycles. The molecule has 1 aromatic rings. The van der Waals surface area contributed by atoms with Gasteiger partial charge in [-0.3, -0.25) is 0 Å². The summed E-state index contributed by atoms with van der Waals surface area (Å²) in [6.07, 6.45) is 9.52. The van der Waals surface area contributed by atoms with Crippen LogP contribution in [0.5, 0.6) is 0 Å². The molecule has 0 heterocycles. The van der Waals surface area contributed by atoms with E-state index in [2.05, 4.69) is 69.8 Å². The van der Waals surface area contributed by atoms with Crippen molar-refractivity contribution in [2.24, 2.45) is 17.2 Å². The van der Waals surface area contributed by atoms with E-state index in [-0.39, 0.29) is 0 Å². The van der Waals surface area contributed by atoms with Crippen molar-refractivity contribution in [2.75, 3.05) is 19.6 Å². The molecule has 1 aromatic carbocycles. The van der Waals surface area contributed by atoms with E-state index in [0.717, 1.165) is 37.1 Å². The lowest BCUT2D eigenvalue weighted by Crippen LogP contribution is -2.58. The van der Waals surface area contributed by atoms with Crippen molar-refractivity contribution in [2.45, 2.75) is 58.7 Å². The second-order valence-electron chi connectivity index (χ2n) is 9.13. The van der Waals surface area contributed by atoms with Crippen molar-refractivity contribution in [1.82, 2.24) is 4.23 Å². The van der Waals surface area contributed by atoms with Crippen LogP contribution < -0.4 is 17.2 Å². The molecule has 0 aliphatic rings. The van der Waals surface area contributed by atoms with Gasteiger partial charge in [0.1, 0.15) is 16.5 Å². The molecule has 0 aliphatic carbocycles. The van der Waals surface area contributed by atoms with Crippen LogP contribution in [0.1, 0.15) is 24.0 Å². The molecule has 0 atom stereocenters. The highest BCUT2D eigenvalue weighted by molar-refractivity contribution is 6.89. The van der Waals surface area contributed by atoms with Gasteiger partial charge in [0.15, 0.2) is 0 Å². The fourth-order valence-corrected chi connectivity index (χ4v) is 12.1. The minimum absolute atomic E-state index is 0.583. The number of nitrogens with two attached hydrogens (primary N) is 3. The number of rotatable bonds is 10. The van der Waals surface area contributed by atoms with Crippen LogP contribution in [0.3, 0.4) is 0 Å². The van der Waals surface area contributed by atoms with Gasteiger partial charge in [0.25, 0.3) is 0 Å². The lowest BCUT2D eigenvalue weighted by molar-refractivity contribution is 0.688. The summed E-state index contributed by atoms with van der Waals surface area (Å²) in [6.45, 7) is 31.9. The molecule has 0 spiro atoms. The topological polar surface area (TPSA) is 81.3 Å². The van der Waals surface area contributed by atoms with Crippen molar-refractivity contribution >= 4 is 22.5 Å². The number of benzene rings is 1. The zero-order chi connectivity index (χ0) is 25.6. The smallest absolute Gasteiger partial charge is 0.112 e. The fraction of sp³-hybridized carbons (Fsp3) is 0.462. The minimum Gasteiger partial charge on any atom is -0.343 e. The summed E-state index contributed by atoms with van der Waals surface area (Å²) in [5, 5.41) is 0. The number of hydrogen-bond donors (Lipinski definition) is 3. The van der Waals surface area contributed by atoms with Crippen LogP contribution >= 0.6 is 0 Å². The molecule has 0 saturated carbocycles. The van der Waals surface area contributed by atoms with Gasteiger partial charge in [-0.2, -0.15) is 0 Å². The molecule has 6 N–H and O–H groups in total. The maximum absolute atomic E-state index is 5.42. The summed E-state index contributed by atoms with van der Waals surface area (Å²) in [6, 6.07) is 8.04. The number of hydrogen-bond acceptors (Lipinski definition) is 4. The van der Waals surface area contributed by atoms with Crippen molar-refractivity contribution in [1.29, 1.82) is 0 Å². The molecular weight excluding hydrogens is 424 g/mol. The second kappa shape index (κ2) is 21.3. The summed E-state index contributed by atoms with van der Waals surface area (Å²) in [5.74, 6) is 0. The zero-order valence-electron chi connectivity index (χ0n) is 21.9. The standard InChI is InChI=1S/C9H23NSi2.C9H11N.C5H11N.C3H7N/c1-8-9-10(11(2,3)4)12(5,6)7;1-2-8-3-5-9(7-10)6-4-8;1-2-3-4-5-6;1-2-3-4/h8H,1,9H2,2-7H3;2-6H,1,7,10H2;2H,1,3-6H2;2H,1,3-4H2. The largest absolute Gasteiger partial charge is 0.343 e. The molecule has 1 rings (SSSR count). The van der Waals surface area contributed by atoms with Gasteiger partial charge in [-0.15, -0.1) is 19.7 Å². The molecule has 0 fully saturated rings. The van der Waals surface area contributed by atoms with E-state index >= 15 is 0 Å². The Morgan fingerprint density at radius 3 is 1.44 bits per heavy atom. The van der Waals surface area contributed by atoms with Gasteiger partial charge in [-0.05, 0) is 30.5 Å². The lowest BCUT2D eigenvalue weighted by atomic mass is 10.1. The Hall–Kier alpha value is -1.55. The maximum Gasteiger partial charge on any atom is 0.112 e. The van der Waals surface area contributed by atoms with Gasteiger partial charge in [-0.1, -0.05) is 94.4 Å². The Morgan fingerprint density at radius 2 is 1.25 bits per heavy atom. The predicted octanol–water partition coefficient (Wildman–Crippen LogP) is 5.97. The summed E-state index contributed by atoms with van der Waals surface area (Å²) >= 11 is 0. The first-order chi connectivity index (χ1) is 14.9. The van der Waals surface area contributed by atoms with Crippen LogP contribution in [0.15, 0.2) is 68.8 Å². The normalized spacial score (nSPS) is 10.3. The fourth-order valence-electron chi connectivity index (χ4n) is 2.74. The van der Waals surface area contributed by atoms with E-state index in [1.165, 1.54) is 0 Å². The summed E-state index contributed by atoms with van der Waals surface area (Å²) in [7, 11) is -2.24. The van der Waals surface area contributed by atoms with Gasteiger partial charge in [0, 0.05) is 19.6 Å². The number of nitrogens with zero attached hydrogens (tertiary/aromatic N) is 1. The first-order valence-corrected chi connectivity index (χ1v) is 18.2. The SMILES string of the molecule is C=CCCCN.C=CCN.C=CCN([Si](C)(C)C)[Si](C)(C)C.C=Cc1ccc(CN)cc1. The number of unbranched alkanes of at least 4 members (excludes halogenated alkanes) is 1. The molecule has 0 unspecified atom stereocenters. The third-order valence-corrected chi connectivity index (χ3v) is 11.8. The van der Waals surface area contributed by atoms with Gasteiger partial charge in [-0.25, -0.2) is 0 Å². The summed E-state index contributed by atoms with van der Waals surface area (Å²) < 4.78 is 2.72. The van der Waals surface area contributed by atoms with Crippen molar-refractivity contribution in [3.05, 3.63) is 79.9 Å². The van der Waals surface area contributed by atoms with E-state index in [1.807, 2.05) is 42.5 Å². The third kappa shape index (κ3) is 21.7. The van der Waals surface area contributed by atoms with Crippen LogP contribution in [0.25, 0.3) is 6.08 Å². The maximum atomic E-state index is 5.42. The third-order valence-electron chi connectivity index (χ3n) is 4.16. The van der Waals surface area contributed by atoms with Gasteiger partial charge < -0.3 is 21.4 Å². The van der Waals surface area contributed by atoms with E-state index < -0.39 is 16.5 Å². The monoisotopic (exact) mass is 476 g/mol. The van der Waals surface area contributed by atoms with Crippen LogP contribution in [0, 0.1) is 0 Å². The van der Waals surface area contributed by atoms with Crippen LogP contribution in [-0.4, -0.2) is 40.3 Å². The molecule has 0 saturated heterocycles. The van der Waals surface area contributed by atoms with Crippen LogP contribution in [0.4, 0.5) is 0 Å². The molecule has 0 amide bonds. The first kappa shape index (κ1) is 35.1. The average molecular weight is 477 g/mol. The Balaban J connectivity index is -0.000000378. The van der Waals surface area contributed by atoms with E-state index in [4.69, 9.17) is 17.2 Å².